The second kappa shape index (κ2) is 8.26. The van der Waals surface area contributed by atoms with Gasteiger partial charge in [0, 0.05) is 0 Å². The zero-order valence-corrected chi connectivity index (χ0v) is 19.7. The molecule has 4 aliphatic rings. The van der Waals surface area contributed by atoms with E-state index in [9.17, 15) is 79.0 Å². The van der Waals surface area contributed by atoms with Crippen molar-refractivity contribution in [2.24, 2.45) is 0 Å². The summed E-state index contributed by atoms with van der Waals surface area (Å²) in [6, 6.07) is 0. The van der Waals surface area contributed by atoms with Crippen molar-refractivity contribution in [3.63, 3.8) is 0 Å². The number of hydrogen-bond donors (Lipinski definition) is 4. The lowest BCUT2D eigenvalue weighted by Crippen LogP contribution is -3.10. The Kier molecular flexibility index (Phi) is 6.92. The van der Waals surface area contributed by atoms with Crippen LogP contribution in [0.1, 0.15) is 0 Å². The number of aliphatic hydroxyl groups is 4. The van der Waals surface area contributed by atoms with Gasteiger partial charge in [0.15, 0.2) is 0 Å². The van der Waals surface area contributed by atoms with E-state index in [1.807, 2.05) is 0 Å². The maximum Gasteiger partial charge on any atom is 0.426 e. The molecule has 0 radical (unpaired) electrons. The Labute approximate surface area is 231 Å². The van der Waals surface area contributed by atoms with Gasteiger partial charge in [0.25, 0.3) is 0 Å². The van der Waals surface area contributed by atoms with E-state index in [2.05, 4.69) is 0 Å². The smallest absolute Gasteiger partial charge is 0.348 e. The highest BCUT2D eigenvalue weighted by Gasteiger charge is 3.24. The standard InChI is InChI=1S/C16H4F24O6/c17-1-5(21,22)2(18)8(27,28)3(19,6(1,23)24)12(32,46-16(39,40)10(30,42)14(35,36)44)4(20,7(1,25)26)11(2,31)45-15(37,38)9(29,41)13(33,34)43/h41-44H. The zero-order valence-electron chi connectivity index (χ0n) is 19.7. The Morgan fingerprint density at radius 1 is 0.326 bits per heavy atom. The summed E-state index contributed by atoms with van der Waals surface area (Å²) >= 11 is 0. The summed E-state index contributed by atoms with van der Waals surface area (Å²) in [4.78, 5) is 0. The molecule has 4 saturated carbocycles. The number of halogens is 24. The first-order valence-electron chi connectivity index (χ1n) is 10.2. The number of ether oxygens (including phenoxy) is 2. The van der Waals surface area contributed by atoms with E-state index in [0.717, 1.165) is 0 Å². The normalized spacial score (nSPS) is 44.1. The van der Waals surface area contributed by atoms with Crippen molar-refractivity contribution in [2.75, 3.05) is 0 Å². The van der Waals surface area contributed by atoms with Gasteiger partial charge < -0.3 is 20.4 Å². The quantitative estimate of drug-likeness (QED) is 0.275. The molecule has 30 heteroatoms. The Balaban J connectivity index is 2.69. The van der Waals surface area contributed by atoms with Crippen molar-refractivity contribution in [2.45, 2.75) is 94.2 Å². The van der Waals surface area contributed by atoms with E-state index in [4.69, 9.17) is 20.4 Å². The van der Waals surface area contributed by atoms with Crippen LogP contribution in [0.4, 0.5) is 105 Å². The lowest BCUT2D eigenvalue weighted by molar-refractivity contribution is -0.654. The molecule has 4 rings (SSSR count). The lowest BCUT2D eigenvalue weighted by atomic mass is 9.40. The predicted molar refractivity (Wildman–Crippen MR) is 81.3 cm³/mol. The first kappa shape index (κ1) is 38.5. The second-order valence-corrected chi connectivity index (χ2v) is 9.69. The Morgan fingerprint density at radius 3 is 0.739 bits per heavy atom. The molecule has 0 amide bonds. The minimum atomic E-state index is -9.29. The summed E-state index contributed by atoms with van der Waals surface area (Å²) in [7, 11) is 0. The van der Waals surface area contributed by atoms with Gasteiger partial charge in [-0.1, -0.05) is 0 Å². The molecule has 4 fully saturated rings. The van der Waals surface area contributed by atoms with Gasteiger partial charge in [0.1, 0.15) is 0 Å². The van der Waals surface area contributed by atoms with Crippen molar-refractivity contribution in [1.29, 1.82) is 0 Å². The molecule has 4 bridgehead atoms. The van der Waals surface area contributed by atoms with Crippen molar-refractivity contribution < 1.29 is 135 Å². The predicted octanol–water partition coefficient (Wildman–Crippen LogP) is 4.44. The molecule has 6 atom stereocenters. The monoisotopic (exact) mass is 748 g/mol. The third-order valence-electron chi connectivity index (χ3n) is 7.34. The third-order valence-corrected chi connectivity index (χ3v) is 7.34. The first-order valence-corrected chi connectivity index (χ1v) is 10.2. The summed E-state index contributed by atoms with van der Waals surface area (Å²) in [5.74, 6) is -70.3. The highest BCUT2D eigenvalue weighted by Crippen LogP contribution is 2.89. The third kappa shape index (κ3) is 2.99. The van der Waals surface area contributed by atoms with Crippen LogP contribution in [0.25, 0.3) is 0 Å². The molecular formula is C16H4F24O6. The number of rotatable bonds is 8. The Bertz CT molecular complexity index is 1220. The zero-order chi connectivity index (χ0) is 37.4. The number of hydrogen-bond acceptors (Lipinski definition) is 6. The summed E-state index contributed by atoms with van der Waals surface area (Å²) in [6.07, 6.45) is -31.9. The molecule has 6 unspecified atom stereocenters. The van der Waals surface area contributed by atoms with Crippen molar-refractivity contribution in [3.8, 4) is 0 Å². The molecule has 0 heterocycles. The van der Waals surface area contributed by atoms with Crippen LogP contribution >= 0.6 is 0 Å². The van der Waals surface area contributed by atoms with Crippen molar-refractivity contribution in [3.05, 3.63) is 0 Å². The van der Waals surface area contributed by atoms with E-state index in [0.29, 0.717) is 0 Å². The van der Waals surface area contributed by atoms with Gasteiger partial charge in [0.05, 0.1) is 0 Å². The van der Waals surface area contributed by atoms with Crippen LogP contribution < -0.4 is 0 Å². The molecule has 0 saturated heterocycles. The first-order chi connectivity index (χ1) is 19.4. The molecule has 4 aliphatic carbocycles. The summed E-state index contributed by atoms with van der Waals surface area (Å²) in [5, 5.41) is 32.6. The average Bonchev–Trinajstić information content (AvgIpc) is 2.81. The molecule has 0 aromatic heterocycles. The Morgan fingerprint density at radius 2 is 0.522 bits per heavy atom. The van der Waals surface area contributed by atoms with Gasteiger partial charge in [-0.2, -0.15) is 79.0 Å². The van der Waals surface area contributed by atoms with E-state index in [1.54, 1.807) is 0 Å². The maximum absolute atomic E-state index is 15.9. The van der Waals surface area contributed by atoms with Gasteiger partial charge in [-0.25, -0.2) is 26.3 Å². The van der Waals surface area contributed by atoms with Crippen molar-refractivity contribution in [1.82, 2.24) is 0 Å². The van der Waals surface area contributed by atoms with Gasteiger partial charge in [-0.3, -0.25) is 9.47 Å². The van der Waals surface area contributed by atoms with Crippen LogP contribution in [0.2, 0.25) is 0 Å². The molecule has 0 aliphatic heterocycles. The van der Waals surface area contributed by atoms with E-state index in [1.165, 1.54) is 9.47 Å². The minimum Gasteiger partial charge on any atom is -0.348 e. The second-order valence-electron chi connectivity index (χ2n) is 9.69. The number of alkyl halides is 24. The van der Waals surface area contributed by atoms with E-state index in [-0.39, 0.29) is 0 Å². The lowest BCUT2D eigenvalue weighted by Gasteiger charge is -2.75. The fourth-order valence-corrected chi connectivity index (χ4v) is 4.95. The molecule has 4 N–H and O–H groups in total. The molecule has 46 heavy (non-hydrogen) atoms. The van der Waals surface area contributed by atoms with E-state index < -0.39 is 94.2 Å². The topological polar surface area (TPSA) is 99.4 Å². The summed E-state index contributed by atoms with van der Waals surface area (Å²) < 4.78 is 349. The largest absolute Gasteiger partial charge is 0.426 e. The molecule has 6 nitrogen and oxygen atoms in total. The van der Waals surface area contributed by atoms with Gasteiger partial charge in [-0.15, -0.1) is 0 Å². The molecule has 0 aromatic carbocycles. The minimum absolute atomic E-state index is 1.38. The van der Waals surface area contributed by atoms with Crippen LogP contribution in [-0.2, 0) is 9.47 Å². The van der Waals surface area contributed by atoms with Crippen LogP contribution in [0.3, 0.4) is 0 Å². The fraction of sp³-hybridized carbons (Fsp3) is 1.00. The van der Waals surface area contributed by atoms with Crippen LogP contribution in [0.15, 0.2) is 0 Å². The van der Waals surface area contributed by atoms with Gasteiger partial charge >= 0.3 is 94.2 Å². The summed E-state index contributed by atoms with van der Waals surface area (Å²) in [6.45, 7) is 0. The highest BCUT2D eigenvalue weighted by atomic mass is 19.3. The Hall–Kier alpha value is -1.92. The maximum atomic E-state index is 15.9. The van der Waals surface area contributed by atoms with Crippen molar-refractivity contribution >= 4 is 0 Å². The molecular weight excluding hydrogens is 744 g/mol. The molecule has 272 valence electrons. The average molecular weight is 748 g/mol. The summed E-state index contributed by atoms with van der Waals surface area (Å²) in [5.41, 5.74) is -36.2. The molecule has 0 aromatic rings. The highest BCUT2D eigenvalue weighted by molar-refractivity contribution is 5.54. The van der Waals surface area contributed by atoms with E-state index >= 15 is 26.3 Å². The molecule has 0 spiro atoms. The van der Waals surface area contributed by atoms with Crippen LogP contribution in [-0.4, -0.2) is 115 Å². The van der Waals surface area contributed by atoms with Gasteiger partial charge in [-0.05, 0) is 0 Å². The fourth-order valence-electron chi connectivity index (χ4n) is 4.95. The van der Waals surface area contributed by atoms with Gasteiger partial charge in [0.2, 0.25) is 0 Å². The van der Waals surface area contributed by atoms with Crippen LogP contribution in [0, 0.1) is 0 Å². The SMILES string of the molecule is OC(F)(F)C(O)(F)C(F)(F)OC1(F)C2(F)C(F)(F)C3(F)C(F)(F)C(F)(C2(F)F)C(F)(OC(F)(F)C(O)(F)C(O)(F)F)C1(F)C3(F)F. The van der Waals surface area contributed by atoms with Crippen LogP contribution in [0.5, 0.6) is 0 Å².